The topological polar surface area (TPSA) is 21.3 Å². The Morgan fingerprint density at radius 1 is 1.44 bits per heavy atom. The van der Waals surface area contributed by atoms with Gasteiger partial charge < -0.3 is 10.1 Å². The summed E-state index contributed by atoms with van der Waals surface area (Å²) in [4.78, 5) is 0. The van der Waals surface area contributed by atoms with E-state index in [-0.39, 0.29) is 5.82 Å². The number of hydrogen-bond acceptors (Lipinski definition) is 2. The first-order valence-electron chi connectivity index (χ1n) is 5.47. The standard InChI is InChI=1S/C12H17BrFNO/c1-2-16-8-4-7-15-9-10-5-3-6-11(14)12(10)13/h3,5-6,15H,2,4,7-9H2,1H3. The molecule has 0 spiro atoms. The van der Waals surface area contributed by atoms with Crippen LogP contribution in [0.3, 0.4) is 0 Å². The average Bonchev–Trinajstić information content (AvgIpc) is 2.29. The molecule has 1 aromatic carbocycles. The van der Waals surface area contributed by atoms with E-state index in [9.17, 15) is 4.39 Å². The Morgan fingerprint density at radius 2 is 2.25 bits per heavy atom. The monoisotopic (exact) mass is 289 g/mol. The molecule has 0 unspecified atom stereocenters. The van der Waals surface area contributed by atoms with Crippen LogP contribution in [0.25, 0.3) is 0 Å². The third kappa shape index (κ3) is 4.60. The molecule has 0 amide bonds. The van der Waals surface area contributed by atoms with Gasteiger partial charge in [0.2, 0.25) is 0 Å². The zero-order chi connectivity index (χ0) is 11.8. The van der Waals surface area contributed by atoms with Gasteiger partial charge in [-0.1, -0.05) is 12.1 Å². The highest BCUT2D eigenvalue weighted by Crippen LogP contribution is 2.19. The van der Waals surface area contributed by atoms with Gasteiger partial charge in [0.05, 0.1) is 4.47 Å². The van der Waals surface area contributed by atoms with Gasteiger partial charge in [-0.15, -0.1) is 0 Å². The summed E-state index contributed by atoms with van der Waals surface area (Å²) in [5, 5.41) is 3.25. The van der Waals surface area contributed by atoms with E-state index in [1.165, 1.54) is 6.07 Å². The summed E-state index contributed by atoms with van der Waals surface area (Å²) in [6, 6.07) is 5.07. The van der Waals surface area contributed by atoms with Gasteiger partial charge in [-0.05, 0) is 47.4 Å². The molecule has 0 atom stereocenters. The summed E-state index contributed by atoms with van der Waals surface area (Å²) in [6.45, 7) is 5.06. The smallest absolute Gasteiger partial charge is 0.137 e. The van der Waals surface area contributed by atoms with Gasteiger partial charge in [0, 0.05) is 19.8 Å². The molecule has 90 valence electrons. The highest BCUT2D eigenvalue weighted by atomic mass is 79.9. The Labute approximate surface area is 104 Å². The first-order valence-corrected chi connectivity index (χ1v) is 6.26. The van der Waals surface area contributed by atoms with E-state index in [0.717, 1.165) is 31.7 Å². The summed E-state index contributed by atoms with van der Waals surface area (Å²) in [7, 11) is 0. The number of halogens is 2. The number of ether oxygens (including phenoxy) is 1. The highest BCUT2D eigenvalue weighted by Gasteiger charge is 2.03. The van der Waals surface area contributed by atoms with Gasteiger partial charge in [-0.3, -0.25) is 0 Å². The van der Waals surface area contributed by atoms with E-state index in [1.54, 1.807) is 6.07 Å². The Bertz CT molecular complexity index is 320. The van der Waals surface area contributed by atoms with Gasteiger partial charge in [0.25, 0.3) is 0 Å². The quantitative estimate of drug-likeness (QED) is 0.779. The molecule has 0 saturated carbocycles. The lowest BCUT2D eigenvalue weighted by molar-refractivity contribution is 0.144. The van der Waals surface area contributed by atoms with E-state index < -0.39 is 0 Å². The van der Waals surface area contributed by atoms with Gasteiger partial charge >= 0.3 is 0 Å². The molecule has 1 rings (SSSR count). The number of benzene rings is 1. The molecule has 2 nitrogen and oxygen atoms in total. The second-order valence-electron chi connectivity index (χ2n) is 3.44. The fourth-order valence-corrected chi connectivity index (χ4v) is 1.76. The fourth-order valence-electron chi connectivity index (χ4n) is 1.35. The second kappa shape index (κ2) is 7.76. The molecule has 0 heterocycles. The zero-order valence-electron chi connectivity index (χ0n) is 9.43. The van der Waals surface area contributed by atoms with Gasteiger partial charge in [-0.25, -0.2) is 4.39 Å². The highest BCUT2D eigenvalue weighted by molar-refractivity contribution is 9.10. The zero-order valence-corrected chi connectivity index (χ0v) is 11.0. The number of rotatable bonds is 7. The van der Waals surface area contributed by atoms with Crippen LogP contribution in [-0.2, 0) is 11.3 Å². The van der Waals surface area contributed by atoms with Crippen LogP contribution in [0.15, 0.2) is 22.7 Å². The van der Waals surface area contributed by atoms with Gasteiger partial charge in [0.15, 0.2) is 0 Å². The van der Waals surface area contributed by atoms with Crippen LogP contribution in [0.5, 0.6) is 0 Å². The van der Waals surface area contributed by atoms with Crippen molar-refractivity contribution in [1.82, 2.24) is 5.32 Å². The molecule has 0 aliphatic heterocycles. The van der Waals surface area contributed by atoms with Gasteiger partial charge in [-0.2, -0.15) is 0 Å². The van der Waals surface area contributed by atoms with E-state index in [2.05, 4.69) is 21.2 Å². The number of nitrogens with one attached hydrogen (secondary N) is 1. The van der Waals surface area contributed by atoms with Crippen molar-refractivity contribution < 1.29 is 9.13 Å². The van der Waals surface area contributed by atoms with Crippen LogP contribution in [0.4, 0.5) is 4.39 Å². The van der Waals surface area contributed by atoms with Crippen molar-refractivity contribution in [2.45, 2.75) is 19.9 Å². The maximum absolute atomic E-state index is 13.2. The second-order valence-corrected chi connectivity index (χ2v) is 4.23. The van der Waals surface area contributed by atoms with E-state index >= 15 is 0 Å². The van der Waals surface area contributed by atoms with Crippen molar-refractivity contribution >= 4 is 15.9 Å². The first kappa shape index (κ1) is 13.6. The predicted molar refractivity (Wildman–Crippen MR) is 66.9 cm³/mol. The first-order chi connectivity index (χ1) is 7.75. The lowest BCUT2D eigenvalue weighted by atomic mass is 10.2. The minimum atomic E-state index is -0.214. The van der Waals surface area contributed by atoms with Crippen LogP contribution in [-0.4, -0.2) is 19.8 Å². The SMILES string of the molecule is CCOCCCNCc1cccc(F)c1Br. The fraction of sp³-hybridized carbons (Fsp3) is 0.500. The Balaban J connectivity index is 2.24. The molecule has 0 aromatic heterocycles. The molecule has 16 heavy (non-hydrogen) atoms. The molecule has 0 radical (unpaired) electrons. The Morgan fingerprint density at radius 3 is 3.00 bits per heavy atom. The van der Waals surface area contributed by atoms with Crippen LogP contribution in [0.2, 0.25) is 0 Å². The maximum Gasteiger partial charge on any atom is 0.137 e. The summed E-state index contributed by atoms with van der Waals surface area (Å²) in [5.41, 5.74) is 0.941. The van der Waals surface area contributed by atoms with E-state index in [0.29, 0.717) is 11.0 Å². The lowest BCUT2D eigenvalue weighted by Gasteiger charge is -2.07. The third-order valence-electron chi connectivity index (χ3n) is 2.19. The summed E-state index contributed by atoms with van der Waals surface area (Å²) < 4.78 is 18.9. The lowest BCUT2D eigenvalue weighted by Crippen LogP contribution is -2.16. The van der Waals surface area contributed by atoms with Crippen molar-refractivity contribution in [2.75, 3.05) is 19.8 Å². The van der Waals surface area contributed by atoms with Crippen LogP contribution >= 0.6 is 15.9 Å². The summed E-state index contributed by atoms with van der Waals surface area (Å²) in [5.74, 6) is -0.214. The summed E-state index contributed by atoms with van der Waals surface area (Å²) in [6.07, 6.45) is 0.973. The summed E-state index contributed by atoms with van der Waals surface area (Å²) >= 11 is 3.23. The minimum absolute atomic E-state index is 0.214. The van der Waals surface area contributed by atoms with Crippen molar-refractivity contribution in [2.24, 2.45) is 0 Å². The molecule has 0 aliphatic rings. The molecular weight excluding hydrogens is 273 g/mol. The normalized spacial score (nSPS) is 10.7. The molecule has 0 fully saturated rings. The molecule has 1 N–H and O–H groups in total. The largest absolute Gasteiger partial charge is 0.382 e. The molecule has 1 aromatic rings. The van der Waals surface area contributed by atoms with Crippen LogP contribution in [0, 0.1) is 5.82 Å². The molecular formula is C12H17BrFNO. The number of hydrogen-bond donors (Lipinski definition) is 1. The Kier molecular flexibility index (Phi) is 6.61. The van der Waals surface area contributed by atoms with E-state index in [4.69, 9.17) is 4.74 Å². The van der Waals surface area contributed by atoms with Crippen LogP contribution in [0.1, 0.15) is 18.9 Å². The van der Waals surface area contributed by atoms with E-state index in [1.807, 2.05) is 13.0 Å². The van der Waals surface area contributed by atoms with Crippen molar-refractivity contribution in [3.05, 3.63) is 34.1 Å². The maximum atomic E-state index is 13.2. The molecule has 0 aliphatic carbocycles. The van der Waals surface area contributed by atoms with Crippen molar-refractivity contribution in [1.29, 1.82) is 0 Å². The van der Waals surface area contributed by atoms with Crippen molar-refractivity contribution in [3.63, 3.8) is 0 Å². The minimum Gasteiger partial charge on any atom is -0.382 e. The average molecular weight is 290 g/mol. The Hall–Kier alpha value is -0.450. The molecule has 0 bridgehead atoms. The molecule has 0 saturated heterocycles. The van der Waals surface area contributed by atoms with Gasteiger partial charge in [0.1, 0.15) is 5.82 Å². The van der Waals surface area contributed by atoms with Crippen molar-refractivity contribution in [3.8, 4) is 0 Å². The third-order valence-corrected chi connectivity index (χ3v) is 3.08. The molecule has 4 heteroatoms. The predicted octanol–water partition coefficient (Wildman–Crippen LogP) is 3.10. The van der Waals surface area contributed by atoms with Crippen LogP contribution < -0.4 is 5.32 Å².